The summed E-state index contributed by atoms with van der Waals surface area (Å²) in [6.45, 7) is 2.05. The Bertz CT molecular complexity index is 1030. The van der Waals surface area contributed by atoms with E-state index in [9.17, 15) is 30.7 Å². The molecule has 4 rings (SSSR count). The van der Waals surface area contributed by atoms with Gasteiger partial charge in [0.15, 0.2) is 5.82 Å². The molecule has 2 aromatic heterocycles. The molecule has 1 unspecified atom stereocenters. The maximum absolute atomic E-state index is 13.7. The highest BCUT2D eigenvalue weighted by molar-refractivity contribution is 5.73. The van der Waals surface area contributed by atoms with Crippen LogP contribution in [-0.2, 0) is 14.3 Å². The van der Waals surface area contributed by atoms with Gasteiger partial charge in [-0.15, -0.1) is 0 Å². The Labute approximate surface area is 203 Å². The van der Waals surface area contributed by atoms with Crippen LogP contribution in [0.5, 0.6) is 5.88 Å². The summed E-state index contributed by atoms with van der Waals surface area (Å²) in [5.74, 6) is -5.17. The Hall–Kier alpha value is -3.76. The molecule has 0 amide bonds. The van der Waals surface area contributed by atoms with Crippen molar-refractivity contribution in [2.75, 3.05) is 24.6 Å². The average Bonchev–Trinajstić information content (AvgIpc) is 2.79. The zero-order chi connectivity index (χ0) is 27.9. The maximum atomic E-state index is 13.7. The Morgan fingerprint density at radius 1 is 0.973 bits per heavy atom. The van der Waals surface area contributed by atoms with Gasteiger partial charge in [0.2, 0.25) is 5.95 Å². The number of hydrogen-bond acceptors (Lipinski definition) is 8. The number of anilines is 1. The van der Waals surface area contributed by atoms with Crippen LogP contribution in [0.4, 0.5) is 36.7 Å². The van der Waals surface area contributed by atoms with Gasteiger partial charge < -0.3 is 24.6 Å². The molecule has 1 spiro atoms. The zero-order valence-corrected chi connectivity index (χ0v) is 18.5. The molecule has 17 heteroatoms. The molecule has 2 aromatic rings. The van der Waals surface area contributed by atoms with Gasteiger partial charge in [0.05, 0.1) is 19.7 Å². The van der Waals surface area contributed by atoms with Crippen LogP contribution in [0.25, 0.3) is 0 Å². The van der Waals surface area contributed by atoms with Gasteiger partial charge in [-0.2, -0.15) is 26.3 Å². The van der Waals surface area contributed by atoms with Crippen molar-refractivity contribution in [3.05, 3.63) is 42.6 Å². The van der Waals surface area contributed by atoms with E-state index >= 15 is 0 Å². The van der Waals surface area contributed by atoms with E-state index in [4.69, 9.17) is 29.3 Å². The number of pyridine rings is 1. The Morgan fingerprint density at radius 2 is 1.49 bits per heavy atom. The number of alkyl halides is 6. The Morgan fingerprint density at radius 3 is 1.97 bits per heavy atom. The van der Waals surface area contributed by atoms with Crippen molar-refractivity contribution < 1.29 is 60.0 Å². The second-order valence-corrected chi connectivity index (χ2v) is 7.57. The van der Waals surface area contributed by atoms with E-state index in [2.05, 4.69) is 19.9 Å². The average molecular weight is 544 g/mol. The van der Waals surface area contributed by atoms with Crippen LogP contribution in [0.3, 0.4) is 0 Å². The summed E-state index contributed by atoms with van der Waals surface area (Å²) in [4.78, 5) is 32.3. The van der Waals surface area contributed by atoms with Crippen LogP contribution < -0.4 is 9.64 Å². The highest BCUT2D eigenvalue weighted by Gasteiger charge is 2.49. The minimum atomic E-state index is -5.08. The van der Waals surface area contributed by atoms with E-state index in [1.807, 2.05) is 0 Å². The summed E-state index contributed by atoms with van der Waals surface area (Å²) in [6.07, 6.45) is -3.82. The molecule has 10 nitrogen and oxygen atoms in total. The number of hydrogen-bond donors (Lipinski definition) is 2. The van der Waals surface area contributed by atoms with Crippen molar-refractivity contribution in [2.24, 2.45) is 0 Å². The maximum Gasteiger partial charge on any atom is 0.490 e. The quantitative estimate of drug-likeness (QED) is 0.555. The first-order chi connectivity index (χ1) is 17.1. The Balaban J connectivity index is 0.000000286. The van der Waals surface area contributed by atoms with E-state index in [0.717, 1.165) is 19.5 Å². The second kappa shape index (κ2) is 12.0. The molecular weight excluding hydrogens is 525 g/mol. The first-order valence-corrected chi connectivity index (χ1v) is 10.2. The fourth-order valence-corrected chi connectivity index (χ4v) is 3.16. The molecular formula is C20H19F7N4O6. The minimum Gasteiger partial charge on any atom is -0.475 e. The van der Waals surface area contributed by atoms with Gasteiger partial charge in [0.25, 0.3) is 5.88 Å². The molecule has 2 saturated heterocycles. The Kier molecular flexibility index (Phi) is 9.55. The summed E-state index contributed by atoms with van der Waals surface area (Å²) in [5, 5.41) is 14.2. The molecule has 2 aliphatic heterocycles. The zero-order valence-electron chi connectivity index (χ0n) is 18.5. The minimum absolute atomic E-state index is 0.0668. The fourth-order valence-electron chi connectivity index (χ4n) is 3.16. The largest absolute Gasteiger partial charge is 0.490 e. The number of carbonyl (C=O) groups is 2. The van der Waals surface area contributed by atoms with Crippen molar-refractivity contribution in [2.45, 2.75) is 36.9 Å². The van der Waals surface area contributed by atoms with Gasteiger partial charge in [0, 0.05) is 31.4 Å². The normalized spacial score (nSPS) is 18.4. The molecule has 0 saturated carbocycles. The van der Waals surface area contributed by atoms with E-state index in [-0.39, 0.29) is 17.6 Å². The second-order valence-electron chi connectivity index (χ2n) is 7.57. The molecule has 0 aromatic carbocycles. The lowest BCUT2D eigenvalue weighted by atomic mass is 9.85. The van der Waals surface area contributed by atoms with Crippen LogP contribution in [-0.4, -0.2) is 80.9 Å². The predicted octanol–water partition coefficient (Wildman–Crippen LogP) is 3.09. The molecule has 0 aliphatic carbocycles. The number of rotatable bonds is 3. The molecule has 2 aliphatic rings. The highest BCUT2D eigenvalue weighted by Crippen LogP contribution is 2.37. The molecule has 37 heavy (non-hydrogen) atoms. The SMILES string of the molecule is Fc1cccnc1OC1CCOC2(C1)CN(c1ncccn1)C2.O=C(O)C(F)(F)F.O=C(O)C(F)(F)F. The molecule has 1 atom stereocenters. The van der Waals surface area contributed by atoms with Crippen LogP contribution >= 0.6 is 0 Å². The van der Waals surface area contributed by atoms with Gasteiger partial charge in [-0.3, -0.25) is 0 Å². The first kappa shape index (κ1) is 29.5. The van der Waals surface area contributed by atoms with Crippen molar-refractivity contribution in [1.29, 1.82) is 0 Å². The predicted molar refractivity (Wildman–Crippen MR) is 108 cm³/mol. The van der Waals surface area contributed by atoms with Gasteiger partial charge in [-0.1, -0.05) is 0 Å². The summed E-state index contributed by atoms with van der Waals surface area (Å²) in [5.41, 5.74) is -0.257. The summed E-state index contributed by atoms with van der Waals surface area (Å²) >= 11 is 0. The lowest BCUT2D eigenvalue weighted by Crippen LogP contribution is -2.66. The summed E-state index contributed by atoms with van der Waals surface area (Å²) in [6, 6.07) is 4.70. The molecule has 2 fully saturated rings. The third-order valence-corrected chi connectivity index (χ3v) is 4.73. The number of aromatic nitrogens is 3. The van der Waals surface area contributed by atoms with E-state index in [1.54, 1.807) is 24.5 Å². The number of carboxylic acids is 2. The van der Waals surface area contributed by atoms with Crippen molar-refractivity contribution in [3.8, 4) is 5.88 Å². The fraction of sp³-hybridized carbons (Fsp3) is 0.450. The van der Waals surface area contributed by atoms with Gasteiger partial charge in [0.1, 0.15) is 11.7 Å². The summed E-state index contributed by atoms with van der Waals surface area (Å²) in [7, 11) is 0. The van der Waals surface area contributed by atoms with Crippen LogP contribution in [0.15, 0.2) is 36.8 Å². The molecule has 0 radical (unpaired) electrons. The molecule has 2 N–H and O–H groups in total. The number of aliphatic carboxylic acids is 2. The lowest BCUT2D eigenvalue weighted by Gasteiger charge is -2.52. The summed E-state index contributed by atoms with van der Waals surface area (Å²) < 4.78 is 88.8. The van der Waals surface area contributed by atoms with E-state index in [1.165, 1.54) is 12.3 Å². The van der Waals surface area contributed by atoms with E-state index in [0.29, 0.717) is 19.0 Å². The number of nitrogens with zero attached hydrogens (tertiary/aromatic N) is 4. The van der Waals surface area contributed by atoms with Crippen LogP contribution in [0.1, 0.15) is 12.8 Å². The van der Waals surface area contributed by atoms with Crippen molar-refractivity contribution in [1.82, 2.24) is 15.0 Å². The molecule has 4 heterocycles. The van der Waals surface area contributed by atoms with Crippen LogP contribution in [0, 0.1) is 5.82 Å². The number of carboxylic acid groups (broad SMARTS) is 2. The van der Waals surface area contributed by atoms with Crippen molar-refractivity contribution >= 4 is 17.9 Å². The standard InChI is InChI=1S/C16H17FN4O2.2C2HF3O2/c17-13-3-1-5-18-14(13)23-12-4-8-22-16(9-12)10-21(11-16)15-19-6-2-7-20-15;2*3-2(4,5)1(6)7/h1-3,5-7,12H,4,8-11H2;2*(H,6,7). The lowest BCUT2D eigenvalue weighted by molar-refractivity contribution is -0.193. The van der Waals surface area contributed by atoms with Gasteiger partial charge in [-0.25, -0.2) is 28.9 Å². The highest BCUT2D eigenvalue weighted by atomic mass is 19.4. The topological polar surface area (TPSA) is 135 Å². The van der Waals surface area contributed by atoms with Crippen LogP contribution in [0.2, 0.25) is 0 Å². The van der Waals surface area contributed by atoms with E-state index < -0.39 is 30.1 Å². The van der Waals surface area contributed by atoms with Gasteiger partial charge >= 0.3 is 24.3 Å². The molecule has 0 bridgehead atoms. The van der Waals surface area contributed by atoms with Gasteiger partial charge in [-0.05, 0) is 18.2 Å². The number of ether oxygens (including phenoxy) is 2. The third kappa shape index (κ3) is 9.00. The monoisotopic (exact) mass is 544 g/mol. The number of halogens is 7. The van der Waals surface area contributed by atoms with Crippen molar-refractivity contribution in [3.63, 3.8) is 0 Å². The smallest absolute Gasteiger partial charge is 0.475 e. The molecule has 204 valence electrons. The first-order valence-electron chi connectivity index (χ1n) is 10.2. The third-order valence-electron chi connectivity index (χ3n) is 4.73.